The topological polar surface area (TPSA) is 3.24 Å². The molecule has 1 nitrogen and oxygen atoms in total. The van der Waals surface area contributed by atoms with Gasteiger partial charge in [-0.3, -0.25) is 0 Å². The van der Waals surface area contributed by atoms with Crippen molar-refractivity contribution in [3.05, 3.63) is 365 Å². The molecular formula is C86H69N. The standard InChI is InChI=1S/C86H69N/c1-83(2,3)65-53-60(54-66(56-65)84(4,5)6)69-43-27-29-58-30-28-44-75(82(58)69)74-42-22-26-48-81(74)87(67-50-52-73-71-41-20-24-46-77(71)86(79(73)57-67,63-35-15-9-16-36-63)64-37-17-10-18-38-64)80-47-25-21-39-68(80)59-49-51-72-70-40-19-23-45-76(70)85(78(72)55-59,61-31-11-7-12-32-61)62-33-13-8-14-34-62/h7-57H,1-6H3. The van der Waals surface area contributed by atoms with Crippen molar-refractivity contribution < 1.29 is 0 Å². The maximum absolute atomic E-state index is 2.58. The first-order valence-electron chi connectivity index (χ1n) is 30.8. The summed E-state index contributed by atoms with van der Waals surface area (Å²) < 4.78 is 0. The number of nitrogens with zero attached hydrogens (tertiary/aromatic N) is 1. The summed E-state index contributed by atoms with van der Waals surface area (Å²) in [5.41, 5.74) is 26.8. The van der Waals surface area contributed by atoms with Crippen LogP contribution in [-0.4, -0.2) is 0 Å². The van der Waals surface area contributed by atoms with Gasteiger partial charge >= 0.3 is 0 Å². The molecule has 0 N–H and O–H groups in total. The molecule has 0 fully saturated rings. The monoisotopic (exact) mass is 1120 g/mol. The Kier molecular flexibility index (Phi) is 12.9. The summed E-state index contributed by atoms with van der Waals surface area (Å²) in [5, 5.41) is 2.44. The molecule has 0 amide bonds. The Balaban J connectivity index is 1.01. The van der Waals surface area contributed by atoms with Crippen molar-refractivity contribution in [2.75, 3.05) is 4.90 Å². The van der Waals surface area contributed by atoms with E-state index in [-0.39, 0.29) is 10.8 Å². The number of anilines is 3. The average Bonchev–Trinajstić information content (AvgIpc) is 1.59. The highest BCUT2D eigenvalue weighted by Gasteiger charge is 2.48. The van der Waals surface area contributed by atoms with Crippen molar-refractivity contribution in [3.63, 3.8) is 0 Å². The predicted octanol–water partition coefficient (Wildman–Crippen LogP) is 22.6. The third-order valence-electron chi connectivity index (χ3n) is 18.9. The van der Waals surface area contributed by atoms with Gasteiger partial charge in [-0.2, -0.15) is 0 Å². The van der Waals surface area contributed by atoms with Crippen LogP contribution in [0.1, 0.15) is 97.2 Å². The number of fused-ring (bicyclic) bond motifs is 7. The smallest absolute Gasteiger partial charge is 0.0714 e. The SMILES string of the molecule is CC(C)(C)c1cc(-c2cccc3cccc(-c4ccccc4N(c4ccc5c(c4)C(c4ccccc4)(c4ccccc4)c4ccccc4-5)c4ccccc4-c4ccc5c(c4)C(c4ccccc4)(c4ccccc4)c4ccccc4-5)c23)cc(C(C)(C)C)c1. The van der Waals surface area contributed by atoms with Gasteiger partial charge in [0.15, 0.2) is 0 Å². The molecule has 0 saturated heterocycles. The summed E-state index contributed by atoms with van der Waals surface area (Å²) in [5.74, 6) is 0. The summed E-state index contributed by atoms with van der Waals surface area (Å²) in [7, 11) is 0. The van der Waals surface area contributed by atoms with E-state index in [1.54, 1.807) is 0 Å². The molecule has 2 aliphatic rings. The van der Waals surface area contributed by atoms with Gasteiger partial charge in [0.1, 0.15) is 0 Å². The molecule has 0 unspecified atom stereocenters. The first-order chi connectivity index (χ1) is 42.4. The molecule has 0 aromatic heterocycles. The van der Waals surface area contributed by atoms with E-state index in [1.807, 2.05) is 0 Å². The van der Waals surface area contributed by atoms with Gasteiger partial charge in [-0.15, -0.1) is 0 Å². The predicted molar refractivity (Wildman–Crippen MR) is 367 cm³/mol. The highest BCUT2D eigenvalue weighted by molar-refractivity contribution is 6.09. The quantitative estimate of drug-likeness (QED) is 0.132. The van der Waals surface area contributed by atoms with Crippen molar-refractivity contribution in [1.82, 2.24) is 0 Å². The van der Waals surface area contributed by atoms with E-state index in [4.69, 9.17) is 0 Å². The van der Waals surface area contributed by atoms with Gasteiger partial charge in [0.2, 0.25) is 0 Å². The molecule has 0 radical (unpaired) electrons. The van der Waals surface area contributed by atoms with Crippen LogP contribution in [0.4, 0.5) is 17.1 Å². The average molecular weight is 1120 g/mol. The normalized spacial score (nSPS) is 13.6. The Morgan fingerprint density at radius 2 is 0.632 bits per heavy atom. The fourth-order valence-corrected chi connectivity index (χ4v) is 14.9. The Labute approximate surface area is 513 Å². The third kappa shape index (κ3) is 8.58. The number of benzene rings is 13. The largest absolute Gasteiger partial charge is 0.309 e. The van der Waals surface area contributed by atoms with E-state index in [9.17, 15) is 0 Å². The van der Waals surface area contributed by atoms with E-state index in [0.717, 1.165) is 33.8 Å². The molecule has 0 heterocycles. The molecule has 1 heteroatoms. The zero-order valence-electron chi connectivity index (χ0n) is 50.4. The van der Waals surface area contributed by atoms with Gasteiger partial charge in [-0.1, -0.05) is 321 Å². The zero-order valence-corrected chi connectivity index (χ0v) is 50.4. The molecule has 0 aliphatic heterocycles. The Bertz CT molecular complexity index is 4630. The van der Waals surface area contributed by atoms with Gasteiger partial charge in [0, 0.05) is 16.8 Å². The Hall–Kier alpha value is -10.1. The van der Waals surface area contributed by atoms with Crippen LogP contribution >= 0.6 is 0 Å². The van der Waals surface area contributed by atoms with Crippen molar-refractivity contribution in [2.45, 2.75) is 63.2 Å². The number of hydrogen-bond acceptors (Lipinski definition) is 1. The van der Waals surface area contributed by atoms with Crippen LogP contribution in [0.2, 0.25) is 0 Å². The molecule has 0 atom stereocenters. The van der Waals surface area contributed by atoms with Gasteiger partial charge in [0.05, 0.1) is 22.2 Å². The van der Waals surface area contributed by atoms with Crippen LogP contribution in [0.15, 0.2) is 309 Å². The van der Waals surface area contributed by atoms with Crippen LogP contribution in [0, 0.1) is 0 Å². The van der Waals surface area contributed by atoms with E-state index >= 15 is 0 Å². The molecule has 15 rings (SSSR count). The lowest BCUT2D eigenvalue weighted by atomic mass is 9.67. The molecule has 2 aliphatic carbocycles. The van der Waals surface area contributed by atoms with Crippen molar-refractivity contribution in [3.8, 4) is 55.6 Å². The van der Waals surface area contributed by atoms with Crippen molar-refractivity contribution in [2.24, 2.45) is 0 Å². The fourth-order valence-electron chi connectivity index (χ4n) is 14.9. The first kappa shape index (κ1) is 53.6. The van der Waals surface area contributed by atoms with Gasteiger partial charge in [-0.05, 0) is 152 Å². The summed E-state index contributed by atoms with van der Waals surface area (Å²) in [6.07, 6.45) is 0. The molecule has 418 valence electrons. The maximum atomic E-state index is 2.58. The molecule has 13 aromatic carbocycles. The minimum Gasteiger partial charge on any atom is -0.309 e. The van der Waals surface area contributed by atoms with Crippen LogP contribution < -0.4 is 4.90 Å². The summed E-state index contributed by atoms with van der Waals surface area (Å²) in [6.45, 7) is 14.0. The highest BCUT2D eigenvalue weighted by atomic mass is 15.1. The minimum absolute atomic E-state index is 0.0485. The lowest BCUT2D eigenvalue weighted by Gasteiger charge is -2.35. The minimum atomic E-state index is -0.611. The number of para-hydroxylation sites is 2. The highest BCUT2D eigenvalue weighted by Crippen LogP contribution is 2.60. The maximum Gasteiger partial charge on any atom is 0.0714 e. The molecule has 0 spiro atoms. The Morgan fingerprint density at radius 1 is 0.253 bits per heavy atom. The van der Waals surface area contributed by atoms with Gasteiger partial charge in [-0.25, -0.2) is 0 Å². The first-order valence-corrected chi connectivity index (χ1v) is 30.8. The molecule has 87 heavy (non-hydrogen) atoms. The third-order valence-corrected chi connectivity index (χ3v) is 18.9. The lowest BCUT2D eigenvalue weighted by Crippen LogP contribution is -2.28. The van der Waals surface area contributed by atoms with E-state index in [2.05, 4.69) is 356 Å². The molecular weight excluding hydrogens is 1050 g/mol. The van der Waals surface area contributed by atoms with E-state index in [0.29, 0.717) is 0 Å². The molecule has 0 bridgehead atoms. The second-order valence-corrected chi connectivity index (χ2v) is 25.9. The second kappa shape index (κ2) is 20.9. The second-order valence-electron chi connectivity index (χ2n) is 25.9. The van der Waals surface area contributed by atoms with Gasteiger partial charge < -0.3 is 4.90 Å². The number of hydrogen-bond donors (Lipinski definition) is 0. The zero-order chi connectivity index (χ0) is 59.1. The summed E-state index contributed by atoms with van der Waals surface area (Å²) >= 11 is 0. The number of rotatable bonds is 10. The Morgan fingerprint density at radius 3 is 1.13 bits per heavy atom. The summed E-state index contributed by atoms with van der Waals surface area (Å²) in [6, 6.07) is 117. The van der Waals surface area contributed by atoms with Crippen LogP contribution in [0.5, 0.6) is 0 Å². The molecule has 0 saturated carbocycles. The summed E-state index contributed by atoms with van der Waals surface area (Å²) in [4.78, 5) is 2.58. The van der Waals surface area contributed by atoms with Crippen molar-refractivity contribution >= 4 is 27.8 Å². The van der Waals surface area contributed by atoms with E-state index < -0.39 is 10.8 Å². The van der Waals surface area contributed by atoms with Crippen LogP contribution in [0.25, 0.3) is 66.4 Å². The fraction of sp³-hybridized carbons (Fsp3) is 0.116. The van der Waals surface area contributed by atoms with Gasteiger partial charge in [0.25, 0.3) is 0 Å². The van der Waals surface area contributed by atoms with E-state index in [1.165, 1.54) is 105 Å². The van der Waals surface area contributed by atoms with Crippen LogP contribution in [0.3, 0.4) is 0 Å². The molecule has 13 aromatic rings. The van der Waals surface area contributed by atoms with Crippen molar-refractivity contribution in [1.29, 1.82) is 0 Å². The van der Waals surface area contributed by atoms with Crippen LogP contribution in [-0.2, 0) is 21.7 Å². The lowest BCUT2D eigenvalue weighted by molar-refractivity contribution is 0.569.